The predicted molar refractivity (Wildman–Crippen MR) is 99.3 cm³/mol. The van der Waals surface area contributed by atoms with E-state index < -0.39 is 0 Å². The molecule has 2 atom stereocenters. The summed E-state index contributed by atoms with van der Waals surface area (Å²) in [4.78, 5) is 11.0. The molecular weight excluding hydrogens is 316 g/mol. The zero-order chi connectivity index (χ0) is 15.9. The Balaban J connectivity index is 1.46. The molecule has 5 rings (SSSR count). The number of rotatable bonds is 3. The number of hydrogen-bond acceptors (Lipinski definition) is 5. The highest BCUT2D eigenvalue weighted by Gasteiger charge is 2.37. The highest BCUT2D eigenvalue weighted by molar-refractivity contribution is 7.21. The molecule has 0 radical (unpaired) electrons. The fourth-order valence-electron chi connectivity index (χ4n) is 3.48. The summed E-state index contributed by atoms with van der Waals surface area (Å²) in [6, 6.07) is 12.5. The van der Waals surface area contributed by atoms with Crippen molar-refractivity contribution in [3.8, 4) is 10.4 Å². The van der Waals surface area contributed by atoms with Gasteiger partial charge in [-0.25, -0.2) is 9.97 Å². The van der Waals surface area contributed by atoms with Gasteiger partial charge < -0.3 is 0 Å². The Kier molecular flexibility index (Phi) is 3.19. The minimum Gasteiger partial charge on any atom is -0.261 e. The van der Waals surface area contributed by atoms with Gasteiger partial charge in [-0.1, -0.05) is 42.5 Å². The van der Waals surface area contributed by atoms with Crippen LogP contribution in [0.4, 0.5) is 5.82 Å². The van der Waals surface area contributed by atoms with Crippen molar-refractivity contribution in [3.63, 3.8) is 0 Å². The summed E-state index contributed by atoms with van der Waals surface area (Å²) >= 11 is 1.68. The van der Waals surface area contributed by atoms with Gasteiger partial charge in [-0.3, -0.25) is 5.43 Å². The Bertz CT molecular complexity index is 958. The van der Waals surface area contributed by atoms with E-state index in [1.165, 1.54) is 16.2 Å². The minimum absolute atomic E-state index is 0.609. The van der Waals surface area contributed by atoms with E-state index in [4.69, 9.17) is 0 Å². The van der Waals surface area contributed by atoms with Gasteiger partial charge in [-0.15, -0.1) is 11.3 Å². The van der Waals surface area contributed by atoms with Crippen LogP contribution in [0.25, 0.3) is 20.7 Å². The number of thiophene rings is 1. The number of fused-ring (bicyclic) bond motifs is 2. The predicted octanol–water partition coefficient (Wildman–Crippen LogP) is 4.72. The molecule has 0 unspecified atom stereocenters. The molecule has 4 nitrogen and oxygen atoms in total. The largest absolute Gasteiger partial charge is 0.261 e. The summed E-state index contributed by atoms with van der Waals surface area (Å²) in [6.07, 6.45) is 8.39. The Labute approximate surface area is 144 Å². The number of aromatic nitrogens is 2. The molecule has 24 heavy (non-hydrogen) atoms. The summed E-state index contributed by atoms with van der Waals surface area (Å²) in [7, 11) is 0. The Hall–Kier alpha value is -2.53. The molecular formula is C19H16N4S. The van der Waals surface area contributed by atoms with Crippen molar-refractivity contribution in [2.45, 2.75) is 12.8 Å². The lowest BCUT2D eigenvalue weighted by molar-refractivity contribution is 0.466. The third kappa shape index (κ3) is 2.24. The highest BCUT2D eigenvalue weighted by Crippen LogP contribution is 2.40. The second-order valence-corrected chi connectivity index (χ2v) is 7.30. The molecule has 1 N–H and O–H groups in total. The first kappa shape index (κ1) is 13.9. The third-order valence-corrected chi connectivity index (χ3v) is 5.95. The van der Waals surface area contributed by atoms with E-state index in [0.717, 1.165) is 28.9 Å². The van der Waals surface area contributed by atoms with E-state index in [1.807, 2.05) is 6.07 Å². The van der Waals surface area contributed by atoms with Gasteiger partial charge >= 0.3 is 0 Å². The molecule has 2 heterocycles. The van der Waals surface area contributed by atoms with Crippen LogP contribution in [0.5, 0.6) is 0 Å². The van der Waals surface area contributed by atoms with Gasteiger partial charge in [0.05, 0.1) is 5.39 Å². The van der Waals surface area contributed by atoms with Crippen LogP contribution in [0.3, 0.4) is 0 Å². The summed E-state index contributed by atoms with van der Waals surface area (Å²) in [5.74, 6) is 2.11. The lowest BCUT2D eigenvalue weighted by Crippen LogP contribution is -2.33. The number of benzene rings is 1. The van der Waals surface area contributed by atoms with Crippen molar-refractivity contribution < 1.29 is 0 Å². The number of allylic oxidation sites excluding steroid dienone is 2. The van der Waals surface area contributed by atoms with E-state index in [0.29, 0.717) is 11.8 Å². The van der Waals surface area contributed by atoms with Crippen molar-refractivity contribution >= 4 is 33.1 Å². The number of hydrazone groups is 1. The third-order valence-electron chi connectivity index (χ3n) is 4.86. The summed E-state index contributed by atoms with van der Waals surface area (Å²) in [5, 5.41) is 5.65. The van der Waals surface area contributed by atoms with E-state index in [1.54, 1.807) is 17.7 Å². The normalized spacial score (nSPS) is 23.4. The lowest BCUT2D eigenvalue weighted by Gasteiger charge is -2.31. The molecule has 0 aliphatic heterocycles. The van der Waals surface area contributed by atoms with E-state index in [2.05, 4.69) is 63.0 Å². The fourth-order valence-corrected chi connectivity index (χ4v) is 4.48. The summed E-state index contributed by atoms with van der Waals surface area (Å²) < 4.78 is 0. The maximum absolute atomic E-state index is 4.62. The summed E-state index contributed by atoms with van der Waals surface area (Å²) in [6.45, 7) is 0. The smallest absolute Gasteiger partial charge is 0.158 e. The molecule has 5 heteroatoms. The van der Waals surface area contributed by atoms with Gasteiger partial charge in [-0.05, 0) is 30.4 Å². The van der Waals surface area contributed by atoms with Crippen molar-refractivity contribution in [2.75, 3.05) is 5.43 Å². The van der Waals surface area contributed by atoms with Crippen molar-refractivity contribution in [1.82, 2.24) is 9.97 Å². The van der Waals surface area contributed by atoms with Crippen molar-refractivity contribution in [2.24, 2.45) is 16.9 Å². The molecule has 0 spiro atoms. The molecule has 0 bridgehead atoms. The maximum Gasteiger partial charge on any atom is 0.158 e. The van der Waals surface area contributed by atoms with Crippen LogP contribution < -0.4 is 5.43 Å². The number of nitrogens with zero attached hydrogens (tertiary/aromatic N) is 3. The van der Waals surface area contributed by atoms with Crippen LogP contribution in [-0.4, -0.2) is 15.7 Å². The Morgan fingerprint density at radius 2 is 2.08 bits per heavy atom. The standard InChI is InChI=1S/C19H16N4S/c1-2-5-12(6-3-1)17-10-15-18(20-11-21-19(15)24-17)23-22-16-9-13-7-4-8-14(13)16/h1-7,10-11,13-14H,8-9H2,(H,20,21,23)/b22-16+/t13-,14+/m1/s1. The fraction of sp³-hybridized carbons (Fsp3) is 0.211. The molecule has 1 saturated carbocycles. The Morgan fingerprint density at radius 3 is 2.96 bits per heavy atom. The molecule has 1 fully saturated rings. The maximum atomic E-state index is 4.62. The topological polar surface area (TPSA) is 50.2 Å². The van der Waals surface area contributed by atoms with Crippen LogP contribution in [0.2, 0.25) is 0 Å². The van der Waals surface area contributed by atoms with Crippen LogP contribution in [-0.2, 0) is 0 Å². The average molecular weight is 332 g/mol. The van der Waals surface area contributed by atoms with Gasteiger partial charge in [0.25, 0.3) is 0 Å². The molecule has 2 aliphatic rings. The van der Waals surface area contributed by atoms with Crippen molar-refractivity contribution in [1.29, 1.82) is 0 Å². The molecule has 0 amide bonds. The monoisotopic (exact) mass is 332 g/mol. The molecule has 2 aromatic heterocycles. The first-order chi connectivity index (χ1) is 11.9. The minimum atomic E-state index is 0.609. The number of anilines is 1. The highest BCUT2D eigenvalue weighted by atomic mass is 32.1. The first-order valence-electron chi connectivity index (χ1n) is 8.17. The molecule has 0 saturated heterocycles. The zero-order valence-electron chi connectivity index (χ0n) is 13.0. The van der Waals surface area contributed by atoms with Gasteiger partial charge in [0.2, 0.25) is 0 Å². The SMILES string of the molecule is C1=C[C@@H]2C/C(=N\Nc3ncnc4sc(-c5ccccc5)cc34)[C@H]2C1. The van der Waals surface area contributed by atoms with Crippen molar-refractivity contribution in [3.05, 3.63) is 54.9 Å². The van der Waals surface area contributed by atoms with Gasteiger partial charge in [0, 0.05) is 16.5 Å². The second-order valence-electron chi connectivity index (χ2n) is 6.27. The van der Waals surface area contributed by atoms with Gasteiger partial charge in [-0.2, -0.15) is 5.10 Å². The first-order valence-corrected chi connectivity index (χ1v) is 8.99. The molecule has 2 aliphatic carbocycles. The molecule has 118 valence electrons. The zero-order valence-corrected chi connectivity index (χ0v) is 13.8. The van der Waals surface area contributed by atoms with Crippen LogP contribution in [0, 0.1) is 11.8 Å². The van der Waals surface area contributed by atoms with Gasteiger partial charge in [0.15, 0.2) is 5.82 Å². The lowest BCUT2D eigenvalue weighted by atomic mass is 9.74. The van der Waals surface area contributed by atoms with E-state index >= 15 is 0 Å². The van der Waals surface area contributed by atoms with E-state index in [-0.39, 0.29) is 0 Å². The number of hydrogen-bond donors (Lipinski definition) is 1. The van der Waals surface area contributed by atoms with Crippen LogP contribution in [0.1, 0.15) is 12.8 Å². The second kappa shape index (κ2) is 5.53. The number of nitrogens with one attached hydrogen (secondary N) is 1. The molecule has 3 aromatic rings. The summed E-state index contributed by atoms with van der Waals surface area (Å²) in [5.41, 5.74) is 5.65. The Morgan fingerprint density at radius 1 is 1.17 bits per heavy atom. The van der Waals surface area contributed by atoms with Crippen LogP contribution >= 0.6 is 11.3 Å². The average Bonchev–Trinajstić information content (AvgIpc) is 3.20. The van der Waals surface area contributed by atoms with Gasteiger partial charge in [0.1, 0.15) is 11.2 Å². The molecule has 1 aromatic carbocycles. The van der Waals surface area contributed by atoms with E-state index in [9.17, 15) is 0 Å². The quantitative estimate of drug-likeness (QED) is 0.557. The van der Waals surface area contributed by atoms with Crippen LogP contribution in [0.15, 0.2) is 60.0 Å².